The largest absolute Gasteiger partial charge is 0.493 e. The molecule has 1 aromatic carbocycles. The molecule has 0 aromatic heterocycles. The number of methoxy groups -OCH3 is 1. The molecule has 1 aliphatic rings. The van der Waals surface area contributed by atoms with E-state index in [1.165, 1.54) is 5.57 Å². The summed E-state index contributed by atoms with van der Waals surface area (Å²) in [4.78, 5) is 12.3. The van der Waals surface area contributed by atoms with Gasteiger partial charge in [-0.25, -0.2) is 0 Å². The average Bonchev–Trinajstić information content (AvgIpc) is 2.60. The minimum Gasteiger partial charge on any atom is -0.493 e. The standard InChI is InChI=1S/C19H28N2O3.ClH/c1-14(2)8-11-24-17-5-4-16(12-18(17)23-3)19(22)21-13-15-6-9-20-10-7-15;/h4-6,12,14,20H,7-11,13H2,1-3H3,(H,21,22);1H. The number of amides is 1. The molecule has 0 spiro atoms. The van der Waals surface area contributed by atoms with E-state index in [0.29, 0.717) is 36.1 Å². The third kappa shape index (κ3) is 6.96. The molecule has 2 N–H and O–H groups in total. The van der Waals surface area contributed by atoms with Gasteiger partial charge in [-0.1, -0.05) is 25.5 Å². The van der Waals surface area contributed by atoms with Crippen molar-refractivity contribution in [2.45, 2.75) is 26.7 Å². The summed E-state index contributed by atoms with van der Waals surface area (Å²) in [5.41, 5.74) is 1.85. The van der Waals surface area contributed by atoms with Gasteiger partial charge < -0.3 is 20.1 Å². The number of hydrogen-bond donors (Lipinski definition) is 2. The summed E-state index contributed by atoms with van der Waals surface area (Å²) < 4.78 is 11.1. The molecule has 1 aliphatic heterocycles. The molecule has 140 valence electrons. The van der Waals surface area contributed by atoms with E-state index in [1.807, 2.05) is 0 Å². The first-order valence-electron chi connectivity index (χ1n) is 8.57. The van der Waals surface area contributed by atoms with Crippen LogP contribution < -0.4 is 20.1 Å². The van der Waals surface area contributed by atoms with Gasteiger partial charge in [-0.2, -0.15) is 0 Å². The minimum absolute atomic E-state index is 0. The Bertz CT molecular complexity index is 588. The van der Waals surface area contributed by atoms with Crippen LogP contribution in [0.15, 0.2) is 29.8 Å². The molecule has 0 aliphatic carbocycles. The van der Waals surface area contributed by atoms with E-state index in [2.05, 4.69) is 30.6 Å². The molecule has 6 heteroatoms. The lowest BCUT2D eigenvalue weighted by molar-refractivity contribution is 0.0956. The van der Waals surface area contributed by atoms with Crippen molar-refractivity contribution in [3.05, 3.63) is 35.4 Å². The number of ether oxygens (including phenoxy) is 2. The van der Waals surface area contributed by atoms with Crippen molar-refractivity contribution in [3.63, 3.8) is 0 Å². The number of halogens is 1. The van der Waals surface area contributed by atoms with Crippen molar-refractivity contribution in [1.29, 1.82) is 0 Å². The SMILES string of the molecule is COc1cc(C(=O)NCC2=CCNCC2)ccc1OCCC(C)C.Cl. The molecule has 1 heterocycles. The Morgan fingerprint density at radius 2 is 2.12 bits per heavy atom. The molecule has 5 nitrogen and oxygen atoms in total. The summed E-state index contributed by atoms with van der Waals surface area (Å²) in [5, 5.41) is 6.23. The lowest BCUT2D eigenvalue weighted by atomic mass is 10.1. The Labute approximate surface area is 156 Å². The molecule has 0 fully saturated rings. The Morgan fingerprint density at radius 3 is 2.76 bits per heavy atom. The predicted octanol–water partition coefficient (Wildman–Crippen LogP) is 3.19. The molecule has 0 radical (unpaired) electrons. The third-order valence-electron chi connectivity index (χ3n) is 4.01. The van der Waals surface area contributed by atoms with Crippen LogP contribution in [-0.4, -0.2) is 39.3 Å². The number of nitrogens with one attached hydrogen (secondary N) is 2. The lowest BCUT2D eigenvalue weighted by Gasteiger charge is -2.15. The molecule has 0 atom stereocenters. The van der Waals surface area contributed by atoms with Gasteiger partial charge >= 0.3 is 0 Å². The zero-order valence-electron chi connectivity index (χ0n) is 15.3. The van der Waals surface area contributed by atoms with Crippen molar-refractivity contribution in [2.75, 3.05) is 33.4 Å². The molecule has 0 bridgehead atoms. The maximum Gasteiger partial charge on any atom is 0.251 e. The smallest absolute Gasteiger partial charge is 0.251 e. The Hall–Kier alpha value is -1.72. The summed E-state index contributed by atoms with van der Waals surface area (Å²) in [5.74, 6) is 1.76. The van der Waals surface area contributed by atoms with Gasteiger partial charge in [0.1, 0.15) is 0 Å². The van der Waals surface area contributed by atoms with E-state index < -0.39 is 0 Å². The van der Waals surface area contributed by atoms with Crippen LogP contribution >= 0.6 is 12.4 Å². The summed E-state index contributed by atoms with van der Waals surface area (Å²) in [6.45, 7) is 7.40. The first-order chi connectivity index (χ1) is 11.6. The molecule has 2 rings (SSSR count). The van der Waals surface area contributed by atoms with Crippen molar-refractivity contribution < 1.29 is 14.3 Å². The van der Waals surface area contributed by atoms with E-state index in [-0.39, 0.29) is 18.3 Å². The maximum absolute atomic E-state index is 12.3. The van der Waals surface area contributed by atoms with Gasteiger partial charge in [-0.05, 0) is 43.5 Å². The highest BCUT2D eigenvalue weighted by atomic mass is 35.5. The summed E-state index contributed by atoms with van der Waals surface area (Å²) in [6, 6.07) is 5.31. The van der Waals surface area contributed by atoms with Gasteiger partial charge in [-0.15, -0.1) is 12.4 Å². The zero-order chi connectivity index (χ0) is 17.4. The highest BCUT2D eigenvalue weighted by Gasteiger charge is 2.12. The van der Waals surface area contributed by atoms with Crippen LogP contribution in [0.1, 0.15) is 37.0 Å². The van der Waals surface area contributed by atoms with Gasteiger partial charge in [0.15, 0.2) is 11.5 Å². The van der Waals surface area contributed by atoms with Crippen molar-refractivity contribution in [1.82, 2.24) is 10.6 Å². The minimum atomic E-state index is -0.0959. The van der Waals surface area contributed by atoms with Gasteiger partial charge in [-0.3, -0.25) is 4.79 Å². The Kier molecular flexibility index (Phi) is 9.39. The van der Waals surface area contributed by atoms with Crippen LogP contribution in [0.25, 0.3) is 0 Å². The molecule has 25 heavy (non-hydrogen) atoms. The quantitative estimate of drug-likeness (QED) is 0.692. The fraction of sp³-hybridized carbons (Fsp3) is 0.526. The van der Waals surface area contributed by atoms with Gasteiger partial charge in [0.25, 0.3) is 5.91 Å². The monoisotopic (exact) mass is 368 g/mol. The summed E-state index contributed by atoms with van der Waals surface area (Å²) in [6.07, 6.45) is 4.09. The van der Waals surface area contributed by atoms with Crippen LogP contribution in [0, 0.1) is 5.92 Å². The number of carbonyl (C=O) groups is 1. The second-order valence-corrected chi connectivity index (χ2v) is 6.40. The summed E-state index contributed by atoms with van der Waals surface area (Å²) in [7, 11) is 1.59. The zero-order valence-corrected chi connectivity index (χ0v) is 16.1. The number of rotatable bonds is 8. The average molecular weight is 369 g/mol. The van der Waals surface area contributed by atoms with E-state index >= 15 is 0 Å². The van der Waals surface area contributed by atoms with E-state index in [9.17, 15) is 4.79 Å². The highest BCUT2D eigenvalue weighted by molar-refractivity contribution is 5.95. The first kappa shape index (κ1) is 21.3. The second kappa shape index (κ2) is 11.0. The van der Waals surface area contributed by atoms with E-state index in [0.717, 1.165) is 25.9 Å². The van der Waals surface area contributed by atoms with E-state index in [4.69, 9.17) is 9.47 Å². The van der Waals surface area contributed by atoms with Gasteiger partial charge in [0.2, 0.25) is 0 Å². The highest BCUT2D eigenvalue weighted by Crippen LogP contribution is 2.28. The first-order valence-corrected chi connectivity index (χ1v) is 8.57. The summed E-state index contributed by atoms with van der Waals surface area (Å²) >= 11 is 0. The maximum atomic E-state index is 12.3. The molecule has 0 saturated carbocycles. The third-order valence-corrected chi connectivity index (χ3v) is 4.01. The fourth-order valence-corrected chi connectivity index (χ4v) is 2.46. The van der Waals surface area contributed by atoms with Crippen LogP contribution in [-0.2, 0) is 0 Å². The molecule has 0 saturated heterocycles. The number of carbonyl (C=O) groups excluding carboxylic acids is 1. The van der Waals surface area contributed by atoms with E-state index in [1.54, 1.807) is 25.3 Å². The topological polar surface area (TPSA) is 59.6 Å². The predicted molar refractivity (Wildman–Crippen MR) is 103 cm³/mol. The van der Waals surface area contributed by atoms with Crippen LogP contribution in [0.4, 0.5) is 0 Å². The van der Waals surface area contributed by atoms with Gasteiger partial charge in [0, 0.05) is 18.7 Å². The van der Waals surface area contributed by atoms with Crippen molar-refractivity contribution in [3.8, 4) is 11.5 Å². The van der Waals surface area contributed by atoms with Crippen molar-refractivity contribution in [2.24, 2.45) is 5.92 Å². The molecule has 1 aromatic rings. The fourth-order valence-electron chi connectivity index (χ4n) is 2.46. The molecule has 1 amide bonds. The van der Waals surface area contributed by atoms with Crippen LogP contribution in [0.5, 0.6) is 11.5 Å². The lowest BCUT2D eigenvalue weighted by Crippen LogP contribution is -2.29. The molecule has 0 unspecified atom stereocenters. The van der Waals surface area contributed by atoms with Crippen LogP contribution in [0.2, 0.25) is 0 Å². The van der Waals surface area contributed by atoms with Gasteiger partial charge in [0.05, 0.1) is 13.7 Å². The molecular weight excluding hydrogens is 340 g/mol. The van der Waals surface area contributed by atoms with Crippen molar-refractivity contribution >= 4 is 18.3 Å². The molecular formula is C19H29ClN2O3. The normalized spacial score (nSPS) is 13.7. The second-order valence-electron chi connectivity index (χ2n) is 6.40. The van der Waals surface area contributed by atoms with Crippen LogP contribution in [0.3, 0.4) is 0 Å². The Balaban J connectivity index is 0.00000312. The Morgan fingerprint density at radius 1 is 1.32 bits per heavy atom. The number of benzene rings is 1. The number of hydrogen-bond acceptors (Lipinski definition) is 4.